The van der Waals surface area contributed by atoms with E-state index in [-0.39, 0.29) is 11.9 Å². The number of ether oxygens (including phenoxy) is 1. The minimum absolute atomic E-state index is 0.0695. The van der Waals surface area contributed by atoms with Crippen LogP contribution >= 0.6 is 0 Å². The van der Waals surface area contributed by atoms with Gasteiger partial charge in [0.05, 0.1) is 19.3 Å². The number of aryl methyl sites for hydroxylation is 1. The Labute approximate surface area is 129 Å². The van der Waals surface area contributed by atoms with Crippen LogP contribution in [0.3, 0.4) is 0 Å². The highest BCUT2D eigenvalue weighted by Gasteiger charge is 2.42. The number of morpholine rings is 1. The summed E-state index contributed by atoms with van der Waals surface area (Å²) >= 11 is 0. The Hall–Kier alpha value is -1.54. The van der Waals surface area contributed by atoms with E-state index in [1.165, 1.54) is 19.2 Å². The lowest BCUT2D eigenvalue weighted by atomic mass is 10.1. The fourth-order valence-electron chi connectivity index (χ4n) is 3.56. The summed E-state index contributed by atoms with van der Waals surface area (Å²) in [4.78, 5) is 14.5. The summed E-state index contributed by atoms with van der Waals surface area (Å²) in [5.41, 5.74) is 0. The van der Waals surface area contributed by atoms with Crippen molar-refractivity contribution in [3.63, 3.8) is 0 Å². The van der Waals surface area contributed by atoms with Gasteiger partial charge in [-0.25, -0.2) is 4.68 Å². The van der Waals surface area contributed by atoms with Gasteiger partial charge in [0.25, 0.3) is 0 Å². The van der Waals surface area contributed by atoms with E-state index in [2.05, 4.69) is 25.7 Å². The number of amides is 1. The molecule has 2 aliphatic heterocycles. The minimum Gasteiger partial charge on any atom is -0.375 e. The highest BCUT2D eigenvalue weighted by atomic mass is 16.5. The highest BCUT2D eigenvalue weighted by molar-refractivity contribution is 5.76. The molecule has 0 bridgehead atoms. The maximum atomic E-state index is 12.0. The predicted molar refractivity (Wildman–Crippen MR) is 76.8 cm³/mol. The number of carbonyl (C=O) groups is 1. The standard InChI is InChI=1S/C14H22N6O2/c21-14(3-4-20-9-15-17-18-20)16-11-5-12-8-22-13(10-1-2-10)7-19(12)6-11/h9-13H,1-8H2,(H,16,21)/t11-,12+,13+/m1/s1. The third-order valence-corrected chi connectivity index (χ3v) is 4.92. The quantitative estimate of drug-likeness (QED) is 0.784. The molecule has 3 heterocycles. The van der Waals surface area contributed by atoms with Crippen LogP contribution < -0.4 is 5.32 Å². The first-order chi connectivity index (χ1) is 10.8. The first-order valence-corrected chi connectivity index (χ1v) is 8.14. The summed E-state index contributed by atoms with van der Waals surface area (Å²) < 4.78 is 7.56. The summed E-state index contributed by atoms with van der Waals surface area (Å²) in [5, 5.41) is 14.0. The van der Waals surface area contributed by atoms with E-state index in [9.17, 15) is 4.79 Å². The van der Waals surface area contributed by atoms with Gasteiger partial charge in [-0.2, -0.15) is 0 Å². The molecule has 4 rings (SSSR count). The molecule has 1 aliphatic carbocycles. The lowest BCUT2D eigenvalue weighted by Crippen LogP contribution is -2.47. The van der Waals surface area contributed by atoms with E-state index in [0.29, 0.717) is 25.1 Å². The molecule has 0 radical (unpaired) electrons. The summed E-state index contributed by atoms with van der Waals surface area (Å²) in [7, 11) is 0. The van der Waals surface area contributed by atoms with Crippen molar-refractivity contribution < 1.29 is 9.53 Å². The topological polar surface area (TPSA) is 85.2 Å². The van der Waals surface area contributed by atoms with Gasteiger partial charge < -0.3 is 10.1 Å². The van der Waals surface area contributed by atoms with Gasteiger partial charge in [0, 0.05) is 31.6 Å². The average molecular weight is 306 g/mol. The fraction of sp³-hybridized carbons (Fsp3) is 0.857. The molecule has 1 aromatic rings. The molecule has 8 heteroatoms. The van der Waals surface area contributed by atoms with Crippen LogP contribution in [-0.4, -0.2) is 68.9 Å². The lowest BCUT2D eigenvalue weighted by molar-refractivity contribution is -0.122. The van der Waals surface area contributed by atoms with E-state index in [4.69, 9.17) is 4.74 Å². The van der Waals surface area contributed by atoms with Crippen LogP contribution in [0.2, 0.25) is 0 Å². The number of aromatic nitrogens is 4. The highest BCUT2D eigenvalue weighted by Crippen LogP contribution is 2.37. The predicted octanol–water partition coefficient (Wildman–Crippen LogP) is -0.569. The summed E-state index contributed by atoms with van der Waals surface area (Å²) in [5.74, 6) is 0.853. The van der Waals surface area contributed by atoms with Crippen molar-refractivity contribution in [3.8, 4) is 0 Å². The number of tetrazole rings is 1. The van der Waals surface area contributed by atoms with Crippen LogP contribution in [0, 0.1) is 5.92 Å². The number of nitrogens with zero attached hydrogens (tertiary/aromatic N) is 5. The summed E-state index contributed by atoms with van der Waals surface area (Å²) in [6, 6.07) is 0.715. The molecule has 8 nitrogen and oxygen atoms in total. The third-order valence-electron chi connectivity index (χ3n) is 4.92. The zero-order valence-corrected chi connectivity index (χ0v) is 12.6. The van der Waals surface area contributed by atoms with Crippen LogP contribution in [0.1, 0.15) is 25.7 Å². The lowest BCUT2D eigenvalue weighted by Gasteiger charge is -2.35. The van der Waals surface area contributed by atoms with Gasteiger partial charge in [-0.3, -0.25) is 9.69 Å². The monoisotopic (exact) mass is 306 g/mol. The maximum absolute atomic E-state index is 12.0. The number of hydrogen-bond donors (Lipinski definition) is 1. The first-order valence-electron chi connectivity index (χ1n) is 8.14. The van der Waals surface area contributed by atoms with Crippen molar-refractivity contribution in [2.24, 2.45) is 5.92 Å². The summed E-state index contributed by atoms with van der Waals surface area (Å²) in [6.45, 7) is 3.32. The van der Waals surface area contributed by atoms with Crippen molar-refractivity contribution >= 4 is 5.91 Å². The van der Waals surface area contributed by atoms with Crippen molar-refractivity contribution in [3.05, 3.63) is 6.33 Å². The third kappa shape index (κ3) is 3.12. The number of carbonyl (C=O) groups excluding carboxylic acids is 1. The van der Waals surface area contributed by atoms with E-state index >= 15 is 0 Å². The SMILES string of the molecule is O=C(CCn1cnnn1)N[C@@H]1C[C@H]2CO[C@H](C3CC3)CN2C1. The molecule has 1 amide bonds. The van der Waals surface area contributed by atoms with Gasteiger partial charge in [-0.15, -0.1) is 5.10 Å². The Bertz CT molecular complexity index is 517. The zero-order chi connectivity index (χ0) is 14.9. The molecular formula is C14H22N6O2. The fourth-order valence-corrected chi connectivity index (χ4v) is 3.56. The smallest absolute Gasteiger partial charge is 0.222 e. The molecular weight excluding hydrogens is 284 g/mol. The Balaban J connectivity index is 1.23. The minimum atomic E-state index is 0.0695. The van der Waals surface area contributed by atoms with Crippen LogP contribution in [0.5, 0.6) is 0 Å². The number of hydrogen-bond acceptors (Lipinski definition) is 6. The van der Waals surface area contributed by atoms with Crippen LogP contribution in [0.25, 0.3) is 0 Å². The number of nitrogens with one attached hydrogen (secondary N) is 1. The van der Waals surface area contributed by atoms with Gasteiger partial charge in [0.1, 0.15) is 6.33 Å². The largest absolute Gasteiger partial charge is 0.375 e. The van der Waals surface area contributed by atoms with E-state index in [1.54, 1.807) is 4.68 Å². The second-order valence-corrected chi connectivity index (χ2v) is 6.64. The van der Waals surface area contributed by atoms with Crippen LogP contribution in [-0.2, 0) is 16.1 Å². The van der Waals surface area contributed by atoms with Crippen LogP contribution in [0.4, 0.5) is 0 Å². The number of fused-ring (bicyclic) bond motifs is 1. The molecule has 1 aromatic heterocycles. The maximum Gasteiger partial charge on any atom is 0.222 e. The number of rotatable bonds is 5. The molecule has 3 fully saturated rings. The van der Waals surface area contributed by atoms with Gasteiger partial charge in [0.2, 0.25) is 5.91 Å². The molecule has 3 atom stereocenters. The molecule has 1 saturated carbocycles. The Kier molecular flexibility index (Phi) is 3.79. The van der Waals surface area contributed by atoms with Gasteiger partial charge in [0.15, 0.2) is 0 Å². The van der Waals surface area contributed by atoms with E-state index in [1.807, 2.05) is 0 Å². The van der Waals surface area contributed by atoms with Crippen molar-refractivity contribution in [2.75, 3.05) is 19.7 Å². The van der Waals surface area contributed by atoms with Crippen molar-refractivity contribution in [1.29, 1.82) is 0 Å². The average Bonchev–Trinajstić information content (AvgIpc) is 3.08. The molecule has 2 saturated heterocycles. The summed E-state index contributed by atoms with van der Waals surface area (Å²) in [6.07, 6.45) is 5.99. The molecule has 1 N–H and O–H groups in total. The molecule has 0 spiro atoms. The normalized spacial score (nSPS) is 31.9. The van der Waals surface area contributed by atoms with E-state index < -0.39 is 0 Å². The van der Waals surface area contributed by atoms with Gasteiger partial charge in [-0.1, -0.05) is 0 Å². The molecule has 0 unspecified atom stereocenters. The molecule has 22 heavy (non-hydrogen) atoms. The molecule has 0 aromatic carbocycles. The second kappa shape index (κ2) is 5.92. The van der Waals surface area contributed by atoms with Crippen molar-refractivity contribution in [2.45, 2.75) is 50.4 Å². The molecule has 120 valence electrons. The van der Waals surface area contributed by atoms with Crippen molar-refractivity contribution in [1.82, 2.24) is 30.4 Å². The first kappa shape index (κ1) is 14.1. The second-order valence-electron chi connectivity index (χ2n) is 6.64. The van der Waals surface area contributed by atoms with E-state index in [0.717, 1.165) is 32.0 Å². The Morgan fingerprint density at radius 3 is 3.05 bits per heavy atom. The van der Waals surface area contributed by atoms with Gasteiger partial charge in [-0.05, 0) is 35.6 Å². The zero-order valence-electron chi connectivity index (χ0n) is 12.6. The Morgan fingerprint density at radius 2 is 2.27 bits per heavy atom. The van der Waals surface area contributed by atoms with Crippen LogP contribution in [0.15, 0.2) is 6.33 Å². The van der Waals surface area contributed by atoms with Gasteiger partial charge >= 0.3 is 0 Å². The Morgan fingerprint density at radius 1 is 1.36 bits per heavy atom. The molecule has 3 aliphatic rings.